The van der Waals surface area contributed by atoms with Crippen molar-refractivity contribution in [3.05, 3.63) is 215 Å². The Balaban J connectivity index is 0.000000236. The number of para-hydroxylation sites is 2. The Morgan fingerprint density at radius 2 is 0.744 bits per heavy atom. The number of benzene rings is 6. The van der Waals surface area contributed by atoms with Crippen LogP contribution in [0.4, 0.5) is 20.2 Å². The first-order valence-corrected chi connectivity index (χ1v) is 27.6. The third-order valence-corrected chi connectivity index (χ3v) is 14.3. The SMILES string of the molecule is CC(C)C1C(C(=O)Nc2ccccc2)=C(c2ccccc2)C(c2ccc(F)cc2)=[N+]1CC[C@@H](O)C[C@@H](O)CC(=O)O.CC(C)C1C(C(=O)Nc2ccccc2)=C(c2ccccc2)C(c2ccc(F)cc2)=[N+]1CC[C@@H](O)C[C@@H](O)CC(=O)O. The maximum absolute atomic E-state index is 14.1. The fourth-order valence-electron chi connectivity index (χ4n) is 10.9. The predicted octanol–water partition coefficient (Wildman–Crippen LogP) is 9.47. The highest BCUT2D eigenvalue weighted by molar-refractivity contribution is 6.37. The highest BCUT2D eigenvalue weighted by Crippen LogP contribution is 2.39. The van der Waals surface area contributed by atoms with Crippen molar-refractivity contribution in [2.75, 3.05) is 23.7 Å². The van der Waals surface area contributed by atoms with Crippen LogP contribution in [0.1, 0.15) is 88.5 Å². The molecule has 0 fully saturated rings. The maximum atomic E-state index is 14.1. The van der Waals surface area contributed by atoms with E-state index in [0.717, 1.165) is 44.8 Å². The second-order valence-corrected chi connectivity index (χ2v) is 21.3. The highest BCUT2D eigenvalue weighted by Gasteiger charge is 2.48. The zero-order valence-electron chi connectivity index (χ0n) is 46.4. The molecule has 0 bridgehead atoms. The van der Waals surface area contributed by atoms with Crippen LogP contribution in [0.2, 0.25) is 0 Å². The predicted molar refractivity (Wildman–Crippen MR) is 312 cm³/mol. The van der Waals surface area contributed by atoms with Crippen LogP contribution >= 0.6 is 0 Å². The summed E-state index contributed by atoms with van der Waals surface area (Å²) in [4.78, 5) is 50.1. The molecule has 2 aliphatic rings. The van der Waals surface area contributed by atoms with Gasteiger partial charge in [-0.1, -0.05) is 125 Å². The van der Waals surface area contributed by atoms with Crippen LogP contribution in [0.3, 0.4) is 0 Å². The average molecular weight is 1120 g/mol. The summed E-state index contributed by atoms with van der Waals surface area (Å²) in [5.41, 5.74) is 8.48. The van der Waals surface area contributed by atoms with Crippen molar-refractivity contribution in [3.63, 3.8) is 0 Å². The molecule has 8 rings (SSSR count). The molecule has 2 heterocycles. The zero-order valence-corrected chi connectivity index (χ0v) is 46.4. The van der Waals surface area contributed by atoms with Gasteiger partial charge < -0.3 is 41.3 Å². The monoisotopic (exact) mass is 1120 g/mol. The lowest BCUT2D eigenvalue weighted by Crippen LogP contribution is -2.37. The van der Waals surface area contributed by atoms with Gasteiger partial charge in [0.2, 0.25) is 11.4 Å². The molecule has 0 saturated carbocycles. The Labute approximate surface area is 476 Å². The molecule has 6 aromatic rings. The molecular formula is C66H72F2N4O10+2. The van der Waals surface area contributed by atoms with Gasteiger partial charge in [0.05, 0.1) is 59.5 Å². The number of carbonyl (C=O) groups is 4. The van der Waals surface area contributed by atoms with Crippen LogP contribution in [0.5, 0.6) is 0 Å². The molecule has 0 spiro atoms. The van der Waals surface area contributed by atoms with Gasteiger partial charge in [-0.3, -0.25) is 19.2 Å². The Morgan fingerprint density at radius 1 is 0.439 bits per heavy atom. The molecule has 6 aromatic carbocycles. The molecule has 16 heteroatoms. The molecule has 14 nitrogen and oxygen atoms in total. The van der Waals surface area contributed by atoms with Crippen LogP contribution in [0, 0.1) is 23.5 Å². The van der Waals surface area contributed by atoms with Gasteiger partial charge in [0.1, 0.15) is 24.7 Å². The molecule has 0 aromatic heterocycles. The minimum absolute atomic E-state index is 0.0297. The van der Waals surface area contributed by atoms with E-state index in [-0.39, 0.29) is 73.1 Å². The third kappa shape index (κ3) is 16.0. The average Bonchev–Trinajstić information content (AvgIpc) is 3.78. The molecule has 0 aliphatic carbocycles. The Hall–Kier alpha value is -8.28. The van der Waals surface area contributed by atoms with Crippen LogP contribution in [0.15, 0.2) is 181 Å². The topological polar surface area (TPSA) is 220 Å². The molecule has 0 radical (unpaired) electrons. The van der Waals surface area contributed by atoms with Crippen LogP contribution < -0.4 is 10.6 Å². The number of carbonyl (C=O) groups excluding carboxylic acids is 2. The van der Waals surface area contributed by atoms with Gasteiger partial charge in [0, 0.05) is 60.0 Å². The van der Waals surface area contributed by atoms with E-state index in [0.29, 0.717) is 35.6 Å². The third-order valence-electron chi connectivity index (χ3n) is 14.3. The number of carboxylic acids is 2. The van der Waals surface area contributed by atoms with Crippen LogP contribution in [0.25, 0.3) is 11.1 Å². The fourth-order valence-corrected chi connectivity index (χ4v) is 10.9. The first kappa shape index (κ1) is 61.3. The molecule has 2 amide bonds. The van der Waals surface area contributed by atoms with Gasteiger partial charge >= 0.3 is 11.9 Å². The molecule has 2 aliphatic heterocycles. The number of carboxylic acid groups (broad SMARTS) is 2. The van der Waals surface area contributed by atoms with Crippen molar-refractivity contribution in [2.24, 2.45) is 11.8 Å². The molecule has 2 unspecified atom stereocenters. The van der Waals surface area contributed by atoms with Crippen LogP contribution in [-0.4, -0.2) is 125 Å². The summed E-state index contributed by atoms with van der Waals surface area (Å²) in [6.07, 6.45) is -4.90. The number of allylic oxidation sites excluding steroid dienone is 2. The number of rotatable bonds is 24. The molecule has 0 saturated heterocycles. The van der Waals surface area contributed by atoms with E-state index in [1.165, 1.54) is 24.3 Å². The number of aliphatic carboxylic acids is 2. The number of amides is 2. The van der Waals surface area contributed by atoms with E-state index in [2.05, 4.69) is 19.8 Å². The quantitative estimate of drug-likeness (QED) is 0.0268. The summed E-state index contributed by atoms with van der Waals surface area (Å²) < 4.78 is 32.2. The molecular weight excluding hydrogens is 1050 g/mol. The fraction of sp³-hybridized carbons (Fsp3) is 0.303. The summed E-state index contributed by atoms with van der Waals surface area (Å²) >= 11 is 0. The molecule has 428 valence electrons. The van der Waals surface area contributed by atoms with Gasteiger partial charge in [-0.2, -0.15) is 0 Å². The standard InChI is InChI=1S/2C33H35FN2O5/c2*1-21(2)31-30(33(41)35-25-11-7-4-8-12-25)29(22-9-5-3-6-10-22)32(23-13-15-24(34)16-14-23)36(31)18-17-26(37)19-27(38)20-28(39)40/h2*3-16,21,26-27,31,37-38H,17-20H2,1-2H3,(H-,35,39,40,41)/p+2/t2*26-,27-,31?/m11/s1. The largest absolute Gasteiger partial charge is 0.481 e. The summed E-state index contributed by atoms with van der Waals surface area (Å²) in [5, 5.41) is 65.6. The van der Waals surface area contributed by atoms with Crippen molar-refractivity contribution in [1.82, 2.24) is 0 Å². The number of aliphatic hydroxyl groups is 4. The molecule has 6 atom stereocenters. The van der Waals surface area contributed by atoms with Crippen molar-refractivity contribution >= 4 is 57.7 Å². The Morgan fingerprint density at radius 3 is 1.04 bits per heavy atom. The van der Waals surface area contributed by atoms with Gasteiger partial charge in [0.15, 0.2) is 12.1 Å². The lowest BCUT2D eigenvalue weighted by atomic mass is 9.88. The molecule has 82 heavy (non-hydrogen) atoms. The van der Waals surface area contributed by atoms with E-state index in [1.54, 1.807) is 24.3 Å². The number of hydrogen-bond acceptors (Lipinski definition) is 8. The normalized spacial score (nSPS) is 16.7. The smallest absolute Gasteiger partial charge is 0.305 e. The van der Waals surface area contributed by atoms with Crippen molar-refractivity contribution in [3.8, 4) is 0 Å². The van der Waals surface area contributed by atoms with E-state index in [1.807, 2.05) is 149 Å². The number of anilines is 2. The zero-order chi connectivity index (χ0) is 59.0. The number of aliphatic hydroxyl groups excluding tert-OH is 4. The van der Waals surface area contributed by atoms with Gasteiger partial charge in [-0.15, -0.1) is 0 Å². The highest BCUT2D eigenvalue weighted by atomic mass is 19.1. The Kier molecular flexibility index (Phi) is 21.6. The van der Waals surface area contributed by atoms with Crippen LogP contribution in [-0.2, 0) is 19.2 Å². The van der Waals surface area contributed by atoms with E-state index in [4.69, 9.17) is 10.2 Å². The second-order valence-electron chi connectivity index (χ2n) is 21.3. The Bertz CT molecular complexity index is 3060. The van der Waals surface area contributed by atoms with E-state index >= 15 is 0 Å². The van der Waals surface area contributed by atoms with Gasteiger partial charge in [-0.25, -0.2) is 17.9 Å². The lowest BCUT2D eigenvalue weighted by molar-refractivity contribution is -0.560. The van der Waals surface area contributed by atoms with E-state index in [9.17, 15) is 48.4 Å². The van der Waals surface area contributed by atoms with Gasteiger partial charge in [-0.05, 0) is 83.9 Å². The minimum atomic E-state index is -1.17. The van der Waals surface area contributed by atoms with Crippen molar-refractivity contribution in [2.45, 2.75) is 103 Å². The summed E-state index contributed by atoms with van der Waals surface area (Å²) in [6, 6.07) is 49.1. The summed E-state index contributed by atoms with van der Waals surface area (Å²) in [6.45, 7) is 8.73. The van der Waals surface area contributed by atoms with E-state index < -0.39 is 49.2 Å². The summed E-state index contributed by atoms with van der Waals surface area (Å²) in [5.74, 6) is -3.61. The number of hydrogen-bond donors (Lipinski definition) is 8. The van der Waals surface area contributed by atoms with Gasteiger partial charge in [0.25, 0.3) is 11.8 Å². The summed E-state index contributed by atoms with van der Waals surface area (Å²) in [7, 11) is 0. The molecule has 8 N–H and O–H groups in total. The minimum Gasteiger partial charge on any atom is -0.481 e. The first-order valence-electron chi connectivity index (χ1n) is 27.6. The second kappa shape index (κ2) is 28.9. The lowest BCUT2D eigenvalue weighted by Gasteiger charge is -2.20. The number of nitrogens with one attached hydrogen (secondary N) is 2. The number of nitrogens with zero attached hydrogens (tertiary/aromatic N) is 2. The maximum Gasteiger partial charge on any atom is 0.305 e. The van der Waals surface area contributed by atoms with Crippen molar-refractivity contribution in [1.29, 1.82) is 0 Å². The van der Waals surface area contributed by atoms with Crippen molar-refractivity contribution < 1.29 is 67.7 Å². The number of halogens is 2. The first-order chi connectivity index (χ1) is 39.3.